The summed E-state index contributed by atoms with van der Waals surface area (Å²) in [7, 11) is 0. The molecule has 0 aliphatic rings. The summed E-state index contributed by atoms with van der Waals surface area (Å²) in [4.78, 5) is 10.5. The van der Waals surface area contributed by atoms with Crippen LogP contribution in [0.15, 0.2) is 24.3 Å². The smallest absolute Gasteiger partial charge is 0.308 e. The lowest BCUT2D eigenvalue weighted by Gasteiger charge is -2.01. The van der Waals surface area contributed by atoms with E-state index in [1.54, 1.807) is 24.3 Å². The topological polar surface area (TPSA) is 73.9 Å². The maximum absolute atomic E-state index is 10.5. The molecule has 0 saturated carbocycles. The quantitative estimate of drug-likeness (QED) is 0.394. The summed E-state index contributed by atoms with van der Waals surface area (Å²) in [5.41, 5.74) is 0. The van der Waals surface area contributed by atoms with E-state index < -0.39 is 0 Å². The van der Waals surface area contributed by atoms with E-state index in [1.165, 1.54) is 6.92 Å². The molecule has 1 rings (SSSR count). The second kappa shape index (κ2) is 5.98. The summed E-state index contributed by atoms with van der Waals surface area (Å²) in [5.74, 6) is 0.0415. The van der Waals surface area contributed by atoms with Gasteiger partial charge in [0.2, 0.25) is 0 Å². The van der Waals surface area contributed by atoms with Crippen LogP contribution in [-0.4, -0.2) is 5.97 Å². The van der Waals surface area contributed by atoms with Gasteiger partial charge in [-0.05, 0) is 12.1 Å². The number of esters is 1. The number of halogens is 1. The summed E-state index contributed by atoms with van der Waals surface area (Å²) >= 11 is 5.69. The van der Waals surface area contributed by atoms with Gasteiger partial charge in [0.05, 0.1) is 5.02 Å². The molecule has 0 aromatic heterocycles. The van der Waals surface area contributed by atoms with Crippen molar-refractivity contribution in [2.75, 3.05) is 0 Å². The molecule has 0 spiro atoms. The van der Waals surface area contributed by atoms with E-state index in [1.807, 2.05) is 0 Å². The Labute approximate surface area is 80.5 Å². The summed E-state index contributed by atoms with van der Waals surface area (Å²) in [5, 5.41) is 12.4. The fourth-order valence-electron chi connectivity index (χ4n) is 0.682. The minimum absolute atomic E-state index is 0.363. The lowest BCUT2D eigenvalue weighted by Crippen LogP contribution is -2.01. The Hall–Kier alpha value is -1.60. The first-order chi connectivity index (χ1) is 6.20. The first kappa shape index (κ1) is 11.4. The van der Waals surface area contributed by atoms with Gasteiger partial charge in [-0.1, -0.05) is 23.7 Å². The van der Waals surface area contributed by atoms with Gasteiger partial charge in [0.1, 0.15) is 5.75 Å². The Morgan fingerprint density at radius 2 is 1.92 bits per heavy atom. The summed E-state index contributed by atoms with van der Waals surface area (Å²) in [6, 6.07) is 6.84. The van der Waals surface area contributed by atoms with Crippen LogP contribution in [0, 0.1) is 10.8 Å². The molecule has 0 N–H and O–H groups in total. The van der Waals surface area contributed by atoms with Crippen LogP contribution in [0.3, 0.4) is 0 Å². The van der Waals surface area contributed by atoms with E-state index in [-0.39, 0.29) is 5.97 Å². The molecular formula is C8H7ClN2O2. The third kappa shape index (κ3) is 4.09. The third-order valence-electron chi connectivity index (χ3n) is 1.09. The van der Waals surface area contributed by atoms with Gasteiger partial charge in [-0.3, -0.25) is 4.79 Å². The van der Waals surface area contributed by atoms with Crippen molar-refractivity contribution in [2.24, 2.45) is 0 Å². The Balaban J connectivity index is 0.000000671. The zero-order valence-electron chi connectivity index (χ0n) is 6.90. The van der Waals surface area contributed by atoms with E-state index >= 15 is 0 Å². The number of nitrogens with zero attached hydrogens (tertiary/aromatic N) is 2. The van der Waals surface area contributed by atoms with Crippen molar-refractivity contribution in [3.8, 4) is 5.75 Å². The average Bonchev–Trinajstić information content (AvgIpc) is 2.12. The number of para-hydroxylation sites is 1. The van der Waals surface area contributed by atoms with Crippen LogP contribution in [0.2, 0.25) is 5.02 Å². The number of hydrogen-bond acceptors (Lipinski definition) is 4. The van der Waals surface area contributed by atoms with E-state index in [0.29, 0.717) is 10.8 Å². The zero-order chi connectivity index (χ0) is 10.3. The maximum atomic E-state index is 10.5. The van der Waals surface area contributed by atoms with Gasteiger partial charge in [-0.25, -0.2) is 0 Å². The van der Waals surface area contributed by atoms with Crippen molar-refractivity contribution in [2.45, 2.75) is 6.92 Å². The second-order valence-corrected chi connectivity index (χ2v) is 2.43. The van der Waals surface area contributed by atoms with E-state index in [4.69, 9.17) is 27.1 Å². The molecule has 0 radical (unpaired) electrons. The van der Waals surface area contributed by atoms with Crippen molar-refractivity contribution in [3.05, 3.63) is 29.3 Å². The van der Waals surface area contributed by atoms with Crippen molar-refractivity contribution in [1.29, 1.82) is 10.8 Å². The SMILES string of the molecule is CC(=O)Oc1ccccc1Cl.N#N. The van der Waals surface area contributed by atoms with Crippen LogP contribution >= 0.6 is 11.6 Å². The van der Waals surface area contributed by atoms with Crippen molar-refractivity contribution >= 4 is 17.6 Å². The predicted octanol–water partition coefficient (Wildman–Crippen LogP) is 2.30. The molecule has 68 valence electrons. The summed E-state index contributed by atoms with van der Waals surface area (Å²) < 4.78 is 4.77. The highest BCUT2D eigenvalue weighted by molar-refractivity contribution is 6.32. The molecule has 0 aliphatic heterocycles. The Morgan fingerprint density at radius 3 is 2.38 bits per heavy atom. The number of hydrogen-bond donors (Lipinski definition) is 0. The molecule has 13 heavy (non-hydrogen) atoms. The molecule has 0 aliphatic carbocycles. The van der Waals surface area contributed by atoms with Crippen LogP contribution < -0.4 is 4.74 Å². The van der Waals surface area contributed by atoms with Gasteiger partial charge < -0.3 is 4.74 Å². The fourth-order valence-corrected chi connectivity index (χ4v) is 0.857. The lowest BCUT2D eigenvalue weighted by molar-refractivity contribution is -0.131. The van der Waals surface area contributed by atoms with E-state index in [2.05, 4.69) is 0 Å². The monoisotopic (exact) mass is 198 g/mol. The van der Waals surface area contributed by atoms with Crippen LogP contribution in [0.1, 0.15) is 6.92 Å². The van der Waals surface area contributed by atoms with Crippen LogP contribution in [-0.2, 0) is 4.79 Å². The second-order valence-electron chi connectivity index (χ2n) is 2.02. The van der Waals surface area contributed by atoms with Gasteiger partial charge in [-0.15, -0.1) is 0 Å². The third-order valence-corrected chi connectivity index (χ3v) is 1.40. The number of carbonyl (C=O) groups excluding carboxylic acids is 1. The molecule has 0 bridgehead atoms. The minimum Gasteiger partial charge on any atom is -0.425 e. The molecule has 0 unspecified atom stereocenters. The highest BCUT2D eigenvalue weighted by atomic mass is 35.5. The fraction of sp³-hybridized carbons (Fsp3) is 0.125. The Bertz CT molecular complexity index is 312. The molecule has 0 fully saturated rings. The molecule has 0 amide bonds. The predicted molar refractivity (Wildman–Crippen MR) is 46.2 cm³/mol. The number of ether oxygens (including phenoxy) is 1. The molecule has 0 saturated heterocycles. The number of benzene rings is 1. The largest absolute Gasteiger partial charge is 0.425 e. The molecular weight excluding hydrogens is 192 g/mol. The Kier molecular flexibility index (Phi) is 5.24. The van der Waals surface area contributed by atoms with Crippen LogP contribution in [0.4, 0.5) is 0 Å². The van der Waals surface area contributed by atoms with Crippen molar-refractivity contribution in [1.82, 2.24) is 0 Å². The summed E-state index contributed by atoms with van der Waals surface area (Å²) in [6.07, 6.45) is 0. The molecule has 0 heterocycles. The first-order valence-corrected chi connectivity index (χ1v) is 3.71. The highest BCUT2D eigenvalue weighted by Crippen LogP contribution is 2.22. The molecule has 1 aromatic carbocycles. The average molecular weight is 199 g/mol. The van der Waals surface area contributed by atoms with Gasteiger partial charge in [0, 0.05) is 17.7 Å². The van der Waals surface area contributed by atoms with Gasteiger partial charge in [-0.2, -0.15) is 0 Å². The standard InChI is InChI=1S/C8H7ClO2.N2/c1-6(10)11-8-5-3-2-4-7(8)9;1-2/h2-5H,1H3;. The van der Waals surface area contributed by atoms with Crippen molar-refractivity contribution in [3.63, 3.8) is 0 Å². The molecule has 1 aromatic rings. The zero-order valence-corrected chi connectivity index (χ0v) is 7.65. The maximum Gasteiger partial charge on any atom is 0.308 e. The van der Waals surface area contributed by atoms with Gasteiger partial charge in [0.15, 0.2) is 0 Å². The highest BCUT2D eigenvalue weighted by Gasteiger charge is 2.00. The van der Waals surface area contributed by atoms with Gasteiger partial charge in [0.25, 0.3) is 0 Å². The van der Waals surface area contributed by atoms with Crippen LogP contribution in [0.25, 0.3) is 0 Å². The Morgan fingerprint density at radius 1 is 1.38 bits per heavy atom. The van der Waals surface area contributed by atoms with Crippen LogP contribution in [0.5, 0.6) is 5.75 Å². The lowest BCUT2D eigenvalue weighted by atomic mass is 10.3. The first-order valence-electron chi connectivity index (χ1n) is 3.33. The number of rotatable bonds is 1. The molecule has 4 nitrogen and oxygen atoms in total. The van der Waals surface area contributed by atoms with E-state index in [0.717, 1.165) is 0 Å². The normalized spacial score (nSPS) is 8.00. The number of carbonyl (C=O) groups is 1. The van der Waals surface area contributed by atoms with Gasteiger partial charge >= 0.3 is 5.97 Å². The minimum atomic E-state index is -0.363. The summed E-state index contributed by atoms with van der Waals surface area (Å²) in [6.45, 7) is 1.34. The molecule has 0 atom stereocenters. The van der Waals surface area contributed by atoms with Crippen molar-refractivity contribution < 1.29 is 9.53 Å². The van der Waals surface area contributed by atoms with E-state index in [9.17, 15) is 4.79 Å². The molecule has 5 heteroatoms.